The van der Waals surface area contributed by atoms with Gasteiger partial charge in [0.25, 0.3) is 0 Å². The van der Waals surface area contributed by atoms with Crippen molar-refractivity contribution in [2.75, 3.05) is 0 Å². The van der Waals surface area contributed by atoms with E-state index in [1.165, 1.54) is 85.5 Å². The zero-order valence-corrected chi connectivity index (χ0v) is 27.2. The number of fused-ring (bicyclic) bond motifs is 4. The Balaban J connectivity index is 1.16. The molecular formula is C43H39ClO2. The molecule has 7 aromatic carbocycles. The molecule has 0 heterocycles. The highest BCUT2D eigenvalue weighted by molar-refractivity contribution is 6.20. The van der Waals surface area contributed by atoms with Gasteiger partial charge in [-0.1, -0.05) is 129 Å². The highest BCUT2D eigenvalue weighted by atomic mass is 35.5. The van der Waals surface area contributed by atoms with Crippen molar-refractivity contribution < 1.29 is 9.47 Å². The lowest BCUT2D eigenvalue weighted by molar-refractivity contribution is 0.292. The molecule has 0 aliphatic carbocycles. The maximum Gasteiger partial charge on any atom is 0.123 e. The number of halogens is 1. The molecule has 230 valence electrons. The van der Waals surface area contributed by atoms with Gasteiger partial charge in [-0.05, 0) is 79.2 Å². The lowest BCUT2D eigenvalue weighted by atomic mass is 9.89. The van der Waals surface area contributed by atoms with Crippen LogP contribution >= 0.6 is 11.6 Å². The Morgan fingerprint density at radius 3 is 1.22 bits per heavy atom. The van der Waals surface area contributed by atoms with Crippen LogP contribution in [-0.2, 0) is 25.5 Å². The fraction of sp³-hybridized carbons (Fsp3) is 0.209. The number of aryl methyl sites for hydroxylation is 1. The van der Waals surface area contributed by atoms with Crippen LogP contribution in [0.3, 0.4) is 0 Å². The number of hydrogen-bond donors (Lipinski definition) is 0. The Hall–Kier alpha value is -4.53. The second-order valence-electron chi connectivity index (χ2n) is 12.1. The summed E-state index contributed by atoms with van der Waals surface area (Å²) < 4.78 is 13.0. The van der Waals surface area contributed by atoms with Crippen LogP contribution in [0.5, 0.6) is 11.5 Å². The van der Waals surface area contributed by atoms with Gasteiger partial charge in [0.2, 0.25) is 0 Å². The third-order valence-electron chi connectivity index (χ3n) is 9.30. The fourth-order valence-corrected chi connectivity index (χ4v) is 7.32. The first-order chi connectivity index (χ1) is 22.8. The molecule has 2 nitrogen and oxygen atoms in total. The van der Waals surface area contributed by atoms with E-state index < -0.39 is 0 Å². The second-order valence-corrected chi connectivity index (χ2v) is 12.4. The van der Waals surface area contributed by atoms with Crippen LogP contribution in [0.15, 0.2) is 121 Å². The minimum Gasteiger partial charge on any atom is -0.489 e. The van der Waals surface area contributed by atoms with Crippen LogP contribution in [0.25, 0.3) is 43.1 Å². The van der Waals surface area contributed by atoms with E-state index in [0.29, 0.717) is 19.1 Å². The number of benzene rings is 7. The van der Waals surface area contributed by atoms with E-state index in [0.717, 1.165) is 23.5 Å². The van der Waals surface area contributed by atoms with Crippen molar-refractivity contribution in [2.45, 2.75) is 58.1 Å². The van der Waals surface area contributed by atoms with E-state index >= 15 is 0 Å². The van der Waals surface area contributed by atoms with Crippen LogP contribution in [0.1, 0.15) is 54.9 Å². The van der Waals surface area contributed by atoms with Gasteiger partial charge in [-0.25, -0.2) is 0 Å². The smallest absolute Gasteiger partial charge is 0.123 e. The maximum absolute atomic E-state index is 6.53. The molecule has 46 heavy (non-hydrogen) atoms. The van der Waals surface area contributed by atoms with Crippen LogP contribution in [0.2, 0.25) is 0 Å². The van der Waals surface area contributed by atoms with Gasteiger partial charge in [0.1, 0.15) is 24.7 Å². The molecule has 7 rings (SSSR count). The summed E-state index contributed by atoms with van der Waals surface area (Å²) in [5, 5.41) is 9.95. The van der Waals surface area contributed by atoms with Gasteiger partial charge < -0.3 is 9.47 Å². The third-order valence-corrected chi connectivity index (χ3v) is 9.56. The fourth-order valence-electron chi connectivity index (χ4n) is 7.04. The van der Waals surface area contributed by atoms with Gasteiger partial charge in [-0.3, -0.25) is 0 Å². The number of alkyl halides is 1. The SMILES string of the molecule is CCCCCCc1c2ccccc2c(COc2cccc(OCc3c4ccccc4c(CCl)c4ccccc34)c2)c2ccccc12. The second kappa shape index (κ2) is 13.8. The van der Waals surface area contributed by atoms with E-state index in [-0.39, 0.29) is 0 Å². The number of unbranched alkanes of at least 4 members (excludes halogenated alkanes) is 3. The molecule has 0 N–H and O–H groups in total. The minimum atomic E-state index is 0.446. The maximum atomic E-state index is 6.53. The summed E-state index contributed by atoms with van der Waals surface area (Å²) in [7, 11) is 0. The molecule has 7 aromatic rings. The lowest BCUT2D eigenvalue weighted by Gasteiger charge is -2.18. The van der Waals surface area contributed by atoms with E-state index in [2.05, 4.69) is 104 Å². The van der Waals surface area contributed by atoms with E-state index in [1.807, 2.05) is 24.3 Å². The van der Waals surface area contributed by atoms with Gasteiger partial charge in [-0.15, -0.1) is 11.6 Å². The Labute approximate surface area is 276 Å². The first-order valence-electron chi connectivity index (χ1n) is 16.5. The summed E-state index contributed by atoms with van der Waals surface area (Å²) in [6, 6.07) is 42.7. The molecule has 0 saturated carbocycles. The van der Waals surface area contributed by atoms with Crippen molar-refractivity contribution in [1.82, 2.24) is 0 Å². The number of ether oxygens (including phenoxy) is 2. The summed E-state index contributed by atoms with van der Waals surface area (Å²) in [6.45, 7) is 3.20. The Bertz CT molecular complexity index is 2030. The van der Waals surface area contributed by atoms with Gasteiger partial charge >= 0.3 is 0 Å². The molecule has 0 radical (unpaired) electrons. The van der Waals surface area contributed by atoms with Gasteiger partial charge in [0.05, 0.1) is 0 Å². The first kappa shape index (κ1) is 30.1. The number of rotatable bonds is 12. The largest absolute Gasteiger partial charge is 0.489 e. The molecular weight excluding hydrogens is 584 g/mol. The van der Waals surface area contributed by atoms with Crippen LogP contribution in [0, 0.1) is 0 Å². The Morgan fingerprint density at radius 2 is 0.826 bits per heavy atom. The zero-order chi connectivity index (χ0) is 31.3. The Kier molecular flexibility index (Phi) is 9.08. The summed E-state index contributed by atoms with van der Waals surface area (Å²) >= 11 is 6.46. The summed E-state index contributed by atoms with van der Waals surface area (Å²) in [5.41, 5.74) is 5.02. The van der Waals surface area contributed by atoms with Gasteiger partial charge in [0, 0.05) is 23.1 Å². The summed E-state index contributed by atoms with van der Waals surface area (Å²) in [6.07, 6.45) is 6.12. The van der Waals surface area contributed by atoms with Crippen molar-refractivity contribution in [2.24, 2.45) is 0 Å². The quantitative estimate of drug-likeness (QED) is 0.0766. The average molecular weight is 623 g/mol. The van der Waals surface area contributed by atoms with Crippen molar-refractivity contribution in [3.8, 4) is 11.5 Å². The normalized spacial score (nSPS) is 11.5. The van der Waals surface area contributed by atoms with Crippen LogP contribution in [-0.4, -0.2) is 0 Å². The molecule has 0 saturated heterocycles. The molecule has 0 atom stereocenters. The predicted molar refractivity (Wildman–Crippen MR) is 195 cm³/mol. The molecule has 0 unspecified atom stereocenters. The molecule has 0 aliphatic heterocycles. The molecule has 3 heteroatoms. The first-order valence-corrected chi connectivity index (χ1v) is 17.0. The van der Waals surface area contributed by atoms with Gasteiger partial charge in [0.15, 0.2) is 0 Å². The summed E-state index contributed by atoms with van der Waals surface area (Å²) in [4.78, 5) is 0. The van der Waals surface area contributed by atoms with E-state index in [4.69, 9.17) is 21.1 Å². The molecule has 0 fully saturated rings. The van der Waals surface area contributed by atoms with Crippen LogP contribution in [0.4, 0.5) is 0 Å². The lowest BCUT2D eigenvalue weighted by Crippen LogP contribution is -2.02. The van der Waals surface area contributed by atoms with E-state index in [1.54, 1.807) is 0 Å². The van der Waals surface area contributed by atoms with Crippen molar-refractivity contribution in [3.63, 3.8) is 0 Å². The van der Waals surface area contributed by atoms with E-state index in [9.17, 15) is 0 Å². The molecule has 0 spiro atoms. The average Bonchev–Trinajstić information content (AvgIpc) is 3.11. The minimum absolute atomic E-state index is 0.446. The zero-order valence-electron chi connectivity index (χ0n) is 26.4. The standard InChI is InChI=1S/C43H39ClO2/c1-2-3-4-5-17-32-33-18-6-10-22-37(33)42(38-23-11-7-19-34(32)38)28-45-30-15-14-16-31(26-30)46-29-43-39-24-12-8-20-35(39)41(27-44)36-21-9-13-25-40(36)43/h6-16,18-26H,2-5,17,27-29H2,1H3. The van der Waals surface area contributed by atoms with Crippen molar-refractivity contribution in [1.29, 1.82) is 0 Å². The van der Waals surface area contributed by atoms with Gasteiger partial charge in [-0.2, -0.15) is 0 Å². The molecule has 0 aliphatic rings. The third kappa shape index (κ3) is 5.90. The van der Waals surface area contributed by atoms with Crippen LogP contribution < -0.4 is 9.47 Å². The monoisotopic (exact) mass is 622 g/mol. The molecule has 0 amide bonds. The predicted octanol–water partition coefficient (Wildman–Crippen LogP) is 12.3. The highest BCUT2D eigenvalue weighted by Crippen LogP contribution is 2.37. The Morgan fingerprint density at radius 1 is 0.435 bits per heavy atom. The number of hydrogen-bond acceptors (Lipinski definition) is 2. The summed E-state index contributed by atoms with van der Waals surface area (Å²) in [5.74, 6) is 2.04. The van der Waals surface area contributed by atoms with Crippen molar-refractivity contribution >= 4 is 54.7 Å². The van der Waals surface area contributed by atoms with Crippen molar-refractivity contribution in [3.05, 3.63) is 144 Å². The highest BCUT2D eigenvalue weighted by Gasteiger charge is 2.16. The molecule has 0 bridgehead atoms. The topological polar surface area (TPSA) is 18.5 Å². The molecule has 0 aromatic heterocycles.